The Kier molecular flexibility index (Phi) is 4.26. The van der Waals surface area contributed by atoms with E-state index >= 15 is 0 Å². The van der Waals surface area contributed by atoms with Gasteiger partial charge in [-0.1, -0.05) is 0 Å². The summed E-state index contributed by atoms with van der Waals surface area (Å²) < 4.78 is 10.7. The van der Waals surface area contributed by atoms with Crippen LogP contribution in [0.5, 0.6) is 0 Å². The van der Waals surface area contributed by atoms with E-state index in [1.54, 1.807) is 6.26 Å². The summed E-state index contributed by atoms with van der Waals surface area (Å²) in [5.74, 6) is 2.28. The van der Waals surface area contributed by atoms with E-state index in [9.17, 15) is 5.26 Å². The highest BCUT2D eigenvalue weighted by Gasteiger charge is 2.16. The first-order valence-corrected chi connectivity index (χ1v) is 7.28. The van der Waals surface area contributed by atoms with Crippen LogP contribution in [-0.4, -0.2) is 31.3 Å². The highest BCUT2D eigenvalue weighted by molar-refractivity contribution is 5.61. The van der Waals surface area contributed by atoms with Gasteiger partial charge >= 0.3 is 0 Å². The van der Waals surface area contributed by atoms with Crippen molar-refractivity contribution in [2.24, 2.45) is 0 Å². The molecule has 6 nitrogen and oxygen atoms in total. The van der Waals surface area contributed by atoms with Gasteiger partial charge in [0, 0.05) is 13.1 Å². The van der Waals surface area contributed by atoms with E-state index < -0.39 is 0 Å². The Bertz CT molecular complexity index is 670. The number of nitriles is 1. The second-order valence-electron chi connectivity index (χ2n) is 5.17. The molecule has 0 unspecified atom stereocenters. The highest BCUT2D eigenvalue weighted by Crippen LogP contribution is 2.24. The lowest BCUT2D eigenvalue weighted by Gasteiger charge is -2.28. The number of ether oxygens (including phenoxy) is 1. The van der Waals surface area contributed by atoms with Gasteiger partial charge in [0.25, 0.3) is 0 Å². The van der Waals surface area contributed by atoms with Gasteiger partial charge in [0.15, 0.2) is 0 Å². The summed E-state index contributed by atoms with van der Waals surface area (Å²) in [5, 5.41) is 12.6. The molecule has 0 aliphatic carbocycles. The maximum Gasteiger partial charge on any atom is 0.147 e. The fraction of sp³-hybridized carbons (Fsp3) is 0.375. The van der Waals surface area contributed by atoms with E-state index in [-0.39, 0.29) is 0 Å². The van der Waals surface area contributed by atoms with Crippen molar-refractivity contribution in [3.8, 4) is 6.07 Å². The van der Waals surface area contributed by atoms with Crippen molar-refractivity contribution in [1.82, 2.24) is 4.98 Å². The number of aryl methyl sites for hydroxylation is 1. The van der Waals surface area contributed by atoms with E-state index in [1.807, 2.05) is 25.1 Å². The molecular weight excluding hydrogens is 280 g/mol. The van der Waals surface area contributed by atoms with Crippen LogP contribution in [-0.2, 0) is 11.3 Å². The number of nitrogens with zero attached hydrogens (tertiary/aromatic N) is 3. The van der Waals surface area contributed by atoms with E-state index in [0.717, 1.165) is 30.2 Å². The van der Waals surface area contributed by atoms with Crippen LogP contribution in [0.3, 0.4) is 0 Å². The lowest BCUT2D eigenvalue weighted by Crippen LogP contribution is -2.37. The molecule has 6 heteroatoms. The van der Waals surface area contributed by atoms with Gasteiger partial charge in [-0.25, -0.2) is 4.98 Å². The number of pyridine rings is 1. The molecule has 1 saturated heterocycles. The van der Waals surface area contributed by atoms with Gasteiger partial charge in [0.1, 0.15) is 23.5 Å². The number of furan rings is 1. The predicted octanol–water partition coefficient (Wildman–Crippen LogP) is 2.30. The van der Waals surface area contributed by atoms with Crippen LogP contribution in [0, 0.1) is 18.3 Å². The molecule has 2 aromatic heterocycles. The summed E-state index contributed by atoms with van der Waals surface area (Å²) in [6.45, 7) is 5.47. The van der Waals surface area contributed by atoms with Crippen molar-refractivity contribution in [2.75, 3.05) is 36.5 Å². The van der Waals surface area contributed by atoms with Crippen molar-refractivity contribution in [2.45, 2.75) is 13.5 Å². The monoisotopic (exact) mass is 298 g/mol. The summed E-state index contributed by atoms with van der Waals surface area (Å²) in [7, 11) is 0. The normalized spacial score (nSPS) is 14.6. The highest BCUT2D eigenvalue weighted by atomic mass is 16.5. The average molecular weight is 298 g/mol. The van der Waals surface area contributed by atoms with E-state index in [0.29, 0.717) is 31.1 Å². The van der Waals surface area contributed by atoms with Crippen molar-refractivity contribution >= 4 is 11.6 Å². The van der Waals surface area contributed by atoms with Gasteiger partial charge in [-0.15, -0.1) is 0 Å². The lowest BCUT2D eigenvalue weighted by molar-refractivity contribution is 0.122. The van der Waals surface area contributed by atoms with Crippen LogP contribution >= 0.6 is 0 Å². The molecular formula is C16H18N4O2. The Morgan fingerprint density at radius 1 is 1.41 bits per heavy atom. The maximum atomic E-state index is 9.37. The molecule has 3 heterocycles. The fourth-order valence-corrected chi connectivity index (χ4v) is 2.46. The van der Waals surface area contributed by atoms with Gasteiger partial charge < -0.3 is 19.4 Å². The summed E-state index contributed by atoms with van der Waals surface area (Å²) >= 11 is 0. The van der Waals surface area contributed by atoms with Crippen molar-refractivity contribution < 1.29 is 9.15 Å². The number of aromatic nitrogens is 1. The lowest BCUT2D eigenvalue weighted by atomic mass is 10.1. The van der Waals surface area contributed by atoms with E-state index in [4.69, 9.17) is 9.15 Å². The molecule has 0 amide bonds. The largest absolute Gasteiger partial charge is 0.467 e. The second kappa shape index (κ2) is 6.50. The molecule has 1 fully saturated rings. The molecule has 0 saturated carbocycles. The summed E-state index contributed by atoms with van der Waals surface area (Å²) in [4.78, 5) is 6.80. The minimum atomic E-state index is 0.501. The van der Waals surface area contributed by atoms with Crippen LogP contribution < -0.4 is 10.2 Å². The average Bonchev–Trinajstić information content (AvgIpc) is 3.07. The third-order valence-corrected chi connectivity index (χ3v) is 3.66. The van der Waals surface area contributed by atoms with Crippen LogP contribution in [0.25, 0.3) is 0 Å². The Morgan fingerprint density at radius 3 is 2.91 bits per heavy atom. The molecule has 3 rings (SSSR count). The van der Waals surface area contributed by atoms with Crippen LogP contribution in [0.4, 0.5) is 11.6 Å². The fourth-order valence-electron chi connectivity index (χ4n) is 2.46. The number of anilines is 2. The molecule has 0 aromatic carbocycles. The quantitative estimate of drug-likeness (QED) is 0.933. The standard InChI is InChI=1S/C16H18N4O2/c1-12-9-15(20-4-7-21-8-5-20)19-16(14(12)10-17)18-11-13-3-2-6-22-13/h2-3,6,9H,4-5,7-8,11H2,1H3,(H,18,19). The van der Waals surface area contributed by atoms with Crippen molar-refractivity contribution in [3.63, 3.8) is 0 Å². The van der Waals surface area contributed by atoms with E-state index in [2.05, 4.69) is 21.3 Å². The summed E-state index contributed by atoms with van der Waals surface area (Å²) in [6.07, 6.45) is 1.63. The molecule has 0 atom stereocenters. The minimum Gasteiger partial charge on any atom is -0.467 e. The Morgan fingerprint density at radius 2 is 2.23 bits per heavy atom. The molecule has 114 valence electrons. The van der Waals surface area contributed by atoms with Crippen molar-refractivity contribution in [3.05, 3.63) is 41.3 Å². The van der Waals surface area contributed by atoms with Crippen molar-refractivity contribution in [1.29, 1.82) is 5.26 Å². The number of hydrogen-bond acceptors (Lipinski definition) is 6. The molecule has 22 heavy (non-hydrogen) atoms. The van der Waals surface area contributed by atoms with Gasteiger partial charge in [0.2, 0.25) is 0 Å². The van der Waals surface area contributed by atoms with Gasteiger partial charge in [-0.2, -0.15) is 5.26 Å². The number of morpholine rings is 1. The third-order valence-electron chi connectivity index (χ3n) is 3.66. The SMILES string of the molecule is Cc1cc(N2CCOCC2)nc(NCc2ccco2)c1C#N. The molecule has 1 N–H and O–H groups in total. The van der Waals surface area contributed by atoms with Gasteiger partial charge in [-0.05, 0) is 30.7 Å². The zero-order valence-electron chi connectivity index (χ0n) is 12.5. The molecule has 2 aromatic rings. The summed E-state index contributed by atoms with van der Waals surface area (Å²) in [5.41, 5.74) is 1.49. The molecule has 0 spiro atoms. The maximum absolute atomic E-state index is 9.37. The van der Waals surface area contributed by atoms with E-state index in [1.165, 1.54) is 0 Å². The predicted molar refractivity (Wildman–Crippen MR) is 82.8 cm³/mol. The van der Waals surface area contributed by atoms with Crippen LogP contribution in [0.2, 0.25) is 0 Å². The zero-order valence-corrected chi connectivity index (χ0v) is 12.5. The Hall–Kier alpha value is -2.52. The molecule has 1 aliphatic heterocycles. The molecule has 1 aliphatic rings. The minimum absolute atomic E-state index is 0.501. The third kappa shape index (κ3) is 3.05. The second-order valence-corrected chi connectivity index (χ2v) is 5.17. The zero-order chi connectivity index (χ0) is 15.4. The topological polar surface area (TPSA) is 74.3 Å². The first kappa shape index (κ1) is 14.4. The smallest absolute Gasteiger partial charge is 0.147 e. The van der Waals surface area contributed by atoms with Gasteiger partial charge in [0.05, 0.1) is 31.6 Å². The molecule has 0 bridgehead atoms. The van der Waals surface area contributed by atoms with Crippen LogP contribution in [0.15, 0.2) is 28.9 Å². The number of nitrogens with one attached hydrogen (secondary N) is 1. The van der Waals surface area contributed by atoms with Gasteiger partial charge in [-0.3, -0.25) is 0 Å². The van der Waals surface area contributed by atoms with Crippen LogP contribution in [0.1, 0.15) is 16.9 Å². The number of hydrogen-bond donors (Lipinski definition) is 1. The first-order chi connectivity index (χ1) is 10.8. The number of rotatable bonds is 4. The first-order valence-electron chi connectivity index (χ1n) is 7.28. The summed E-state index contributed by atoms with van der Waals surface area (Å²) in [6, 6.07) is 7.91. The molecule has 0 radical (unpaired) electrons. The Labute approximate surface area is 129 Å². The Balaban J connectivity index is 1.85.